The number of benzene rings is 3. The largest absolute Gasteiger partial charge is 0.495 e. The molecule has 0 aromatic heterocycles. The third-order valence-electron chi connectivity index (χ3n) is 6.04. The van der Waals surface area contributed by atoms with E-state index in [9.17, 15) is 18.0 Å². The van der Waals surface area contributed by atoms with Crippen molar-refractivity contribution in [1.82, 2.24) is 5.32 Å². The number of nitrogens with one attached hydrogen (secondary N) is 1. The normalized spacial score (nSPS) is 13.5. The average molecular weight is 508 g/mol. The Morgan fingerprint density at radius 3 is 2.50 bits per heavy atom. The smallest absolute Gasteiger partial charge is 0.264 e. The van der Waals surface area contributed by atoms with Crippen molar-refractivity contribution in [3.8, 4) is 5.75 Å². The van der Waals surface area contributed by atoms with E-state index in [4.69, 9.17) is 4.74 Å². The fourth-order valence-electron chi connectivity index (χ4n) is 4.12. The molecular weight excluding hydrogens is 478 g/mol. The predicted molar refractivity (Wildman–Crippen MR) is 139 cm³/mol. The van der Waals surface area contributed by atoms with Crippen LogP contribution in [-0.2, 0) is 26.2 Å². The lowest BCUT2D eigenvalue weighted by atomic mass is 10.2. The summed E-state index contributed by atoms with van der Waals surface area (Å²) in [5.74, 6) is -0.0480. The second kappa shape index (κ2) is 10.8. The van der Waals surface area contributed by atoms with E-state index in [2.05, 4.69) is 5.32 Å². The number of hydrogen-bond acceptors (Lipinski definition) is 5. The molecule has 1 heterocycles. The highest BCUT2D eigenvalue weighted by Crippen LogP contribution is 2.32. The van der Waals surface area contributed by atoms with E-state index in [1.165, 1.54) is 19.2 Å². The molecular formula is C27H29N3O5S. The van der Waals surface area contributed by atoms with E-state index in [-0.39, 0.29) is 23.0 Å². The molecule has 0 atom stereocenters. The van der Waals surface area contributed by atoms with Gasteiger partial charge >= 0.3 is 0 Å². The van der Waals surface area contributed by atoms with E-state index >= 15 is 0 Å². The van der Waals surface area contributed by atoms with Gasteiger partial charge in [0.05, 0.1) is 17.7 Å². The van der Waals surface area contributed by atoms with Crippen molar-refractivity contribution < 1.29 is 22.7 Å². The zero-order chi connectivity index (χ0) is 25.7. The van der Waals surface area contributed by atoms with Gasteiger partial charge in [-0.25, -0.2) is 8.42 Å². The molecule has 1 aliphatic heterocycles. The summed E-state index contributed by atoms with van der Waals surface area (Å²) >= 11 is 0. The van der Waals surface area contributed by atoms with Crippen LogP contribution >= 0.6 is 0 Å². The number of carbonyl (C=O) groups excluding carboxylic acids is 2. The fourth-order valence-corrected chi connectivity index (χ4v) is 5.55. The van der Waals surface area contributed by atoms with E-state index < -0.39 is 22.5 Å². The van der Waals surface area contributed by atoms with Crippen LogP contribution in [0.25, 0.3) is 0 Å². The summed E-state index contributed by atoms with van der Waals surface area (Å²) < 4.78 is 33.6. The third-order valence-corrected chi connectivity index (χ3v) is 7.81. The summed E-state index contributed by atoms with van der Waals surface area (Å²) in [6.07, 6.45) is 1.36. The number of hydrogen-bond donors (Lipinski definition) is 1. The lowest BCUT2D eigenvalue weighted by Gasteiger charge is -2.25. The molecule has 1 N–H and O–H groups in total. The van der Waals surface area contributed by atoms with Crippen LogP contribution in [0.3, 0.4) is 0 Å². The average Bonchev–Trinajstić information content (AvgIpc) is 3.32. The minimum absolute atomic E-state index is 0.0785. The van der Waals surface area contributed by atoms with Crippen molar-refractivity contribution in [2.24, 2.45) is 0 Å². The molecule has 1 saturated heterocycles. The standard InChI is InChI=1S/C27H29N3O5S/c1-20-12-14-23(15-13-20)36(33,34)30(24-9-3-4-10-25(24)35-2)19-26(31)28-18-21-7-5-8-22(17-21)29-16-6-11-27(29)32/h3-5,7-10,12-15,17H,6,11,16,18-19H2,1-2H3,(H,28,31). The van der Waals surface area contributed by atoms with Crippen LogP contribution < -0.4 is 19.3 Å². The van der Waals surface area contributed by atoms with Gasteiger partial charge in [-0.2, -0.15) is 0 Å². The van der Waals surface area contributed by atoms with Crippen LogP contribution in [0.2, 0.25) is 0 Å². The van der Waals surface area contributed by atoms with Gasteiger partial charge in [0.25, 0.3) is 10.0 Å². The van der Waals surface area contributed by atoms with Crippen molar-refractivity contribution in [1.29, 1.82) is 0 Å². The first-order valence-corrected chi connectivity index (χ1v) is 13.1. The summed E-state index contributed by atoms with van der Waals surface area (Å²) in [5, 5.41) is 2.81. The number of sulfonamides is 1. The highest BCUT2D eigenvalue weighted by atomic mass is 32.2. The molecule has 9 heteroatoms. The molecule has 188 valence electrons. The van der Waals surface area contributed by atoms with Crippen LogP contribution in [0.4, 0.5) is 11.4 Å². The minimum Gasteiger partial charge on any atom is -0.495 e. The van der Waals surface area contributed by atoms with Crippen LogP contribution in [0.5, 0.6) is 5.75 Å². The van der Waals surface area contributed by atoms with Gasteiger partial charge in [0.2, 0.25) is 11.8 Å². The summed E-state index contributed by atoms with van der Waals surface area (Å²) in [5.41, 5.74) is 2.80. The number of carbonyl (C=O) groups is 2. The Labute approximate surface area is 211 Å². The highest BCUT2D eigenvalue weighted by molar-refractivity contribution is 7.92. The first-order chi connectivity index (χ1) is 17.3. The fraction of sp³-hybridized carbons (Fsp3) is 0.259. The van der Waals surface area contributed by atoms with E-state index in [0.717, 1.165) is 27.5 Å². The zero-order valence-electron chi connectivity index (χ0n) is 20.3. The molecule has 0 spiro atoms. The van der Waals surface area contributed by atoms with Gasteiger partial charge in [0.15, 0.2) is 0 Å². The second-order valence-electron chi connectivity index (χ2n) is 8.59. The zero-order valence-corrected chi connectivity index (χ0v) is 21.1. The van der Waals surface area contributed by atoms with Crippen LogP contribution in [0.15, 0.2) is 77.7 Å². The molecule has 0 radical (unpaired) electrons. The molecule has 2 amide bonds. The Bertz CT molecular complexity index is 1360. The van der Waals surface area contributed by atoms with E-state index in [1.807, 2.05) is 31.2 Å². The topological polar surface area (TPSA) is 96.0 Å². The molecule has 8 nitrogen and oxygen atoms in total. The second-order valence-corrected chi connectivity index (χ2v) is 10.5. The van der Waals surface area contributed by atoms with Gasteiger partial charge < -0.3 is 15.0 Å². The number of methoxy groups -OCH3 is 1. The number of rotatable bonds is 9. The molecule has 0 aliphatic carbocycles. The van der Waals surface area contributed by atoms with Crippen LogP contribution in [0, 0.1) is 6.92 Å². The molecule has 3 aromatic rings. The van der Waals surface area contributed by atoms with Gasteiger partial charge in [-0.1, -0.05) is 42.0 Å². The Kier molecular flexibility index (Phi) is 7.59. The molecule has 36 heavy (non-hydrogen) atoms. The van der Waals surface area contributed by atoms with Crippen LogP contribution in [-0.4, -0.2) is 40.4 Å². The summed E-state index contributed by atoms with van der Waals surface area (Å²) in [6, 6.07) is 20.6. The molecule has 0 unspecified atom stereocenters. The molecule has 1 aliphatic rings. The van der Waals surface area contributed by atoms with E-state index in [0.29, 0.717) is 18.7 Å². The molecule has 0 saturated carbocycles. The van der Waals surface area contributed by atoms with Gasteiger partial charge in [-0.15, -0.1) is 0 Å². The third kappa shape index (κ3) is 5.52. The van der Waals surface area contributed by atoms with Crippen molar-refractivity contribution in [3.63, 3.8) is 0 Å². The Morgan fingerprint density at radius 1 is 1.06 bits per heavy atom. The number of amides is 2. The van der Waals surface area contributed by atoms with Crippen molar-refractivity contribution in [2.45, 2.75) is 31.2 Å². The van der Waals surface area contributed by atoms with E-state index in [1.54, 1.807) is 41.3 Å². The SMILES string of the molecule is COc1ccccc1N(CC(=O)NCc1cccc(N2CCCC2=O)c1)S(=O)(=O)c1ccc(C)cc1. The number of nitrogens with zero attached hydrogens (tertiary/aromatic N) is 2. The monoisotopic (exact) mass is 507 g/mol. The van der Waals surface area contributed by atoms with Crippen molar-refractivity contribution in [3.05, 3.63) is 83.9 Å². The lowest BCUT2D eigenvalue weighted by molar-refractivity contribution is -0.120. The molecule has 1 fully saturated rings. The molecule has 4 rings (SSSR count). The maximum atomic E-state index is 13.6. The Balaban J connectivity index is 1.55. The maximum Gasteiger partial charge on any atom is 0.264 e. The lowest BCUT2D eigenvalue weighted by Crippen LogP contribution is -2.40. The first-order valence-electron chi connectivity index (χ1n) is 11.7. The Hall–Kier alpha value is -3.85. The van der Waals surface area contributed by atoms with Gasteiger partial charge in [0.1, 0.15) is 12.3 Å². The van der Waals surface area contributed by atoms with Crippen molar-refractivity contribution >= 4 is 33.2 Å². The summed E-state index contributed by atoms with van der Waals surface area (Å²) in [7, 11) is -2.61. The number of ether oxygens (including phenoxy) is 1. The van der Waals surface area contributed by atoms with Gasteiger partial charge in [-0.3, -0.25) is 13.9 Å². The Morgan fingerprint density at radius 2 is 1.81 bits per heavy atom. The highest BCUT2D eigenvalue weighted by Gasteiger charge is 2.29. The first kappa shape index (κ1) is 25.2. The number of aryl methyl sites for hydroxylation is 1. The maximum absolute atomic E-state index is 13.6. The summed E-state index contributed by atoms with van der Waals surface area (Å²) in [6.45, 7) is 2.32. The predicted octanol–water partition coefficient (Wildman–Crippen LogP) is 3.64. The van der Waals surface area contributed by atoms with Crippen LogP contribution in [0.1, 0.15) is 24.0 Å². The minimum atomic E-state index is -4.06. The summed E-state index contributed by atoms with van der Waals surface area (Å²) in [4.78, 5) is 26.9. The van der Waals surface area contributed by atoms with Crippen molar-refractivity contribution in [2.75, 3.05) is 29.4 Å². The quantitative estimate of drug-likeness (QED) is 0.477. The number of para-hydroxylation sites is 2. The van der Waals surface area contributed by atoms with Gasteiger partial charge in [0, 0.05) is 25.2 Å². The molecule has 3 aromatic carbocycles. The van der Waals surface area contributed by atoms with Gasteiger partial charge in [-0.05, 0) is 55.3 Å². The molecule has 0 bridgehead atoms. The number of anilines is 2.